The maximum Gasteiger partial charge on any atom is 0.275 e. The van der Waals surface area contributed by atoms with Crippen LogP contribution in [0.1, 0.15) is 21.7 Å². The summed E-state index contributed by atoms with van der Waals surface area (Å²) in [6.45, 7) is 6.04. The number of rotatable bonds is 6. The van der Waals surface area contributed by atoms with E-state index in [1.54, 1.807) is 0 Å². The number of benzene rings is 2. The van der Waals surface area contributed by atoms with E-state index in [-0.39, 0.29) is 17.4 Å². The zero-order valence-corrected chi connectivity index (χ0v) is 20.6. The number of carbonyl (C=O) groups excluding carboxylic acids is 1. The number of carbonyl (C=O) groups is 1. The Hall–Kier alpha value is -3.75. The number of aryl methyl sites for hydroxylation is 1. The predicted molar refractivity (Wildman–Crippen MR) is 140 cm³/mol. The van der Waals surface area contributed by atoms with Crippen LogP contribution in [0.5, 0.6) is 0 Å². The number of amides is 1. The summed E-state index contributed by atoms with van der Waals surface area (Å²) in [5.74, 6) is -0.549. The monoisotopic (exact) mass is 504 g/mol. The Kier molecular flexibility index (Phi) is 6.97. The average Bonchev–Trinajstić information content (AvgIpc) is 3.20. The minimum Gasteiger partial charge on any atom is -0.369 e. The highest BCUT2D eigenvalue weighted by Crippen LogP contribution is 2.35. The number of nitrogens with one attached hydrogen (secondary N) is 2. The van der Waals surface area contributed by atoms with Crippen LogP contribution in [0.25, 0.3) is 11.3 Å². The van der Waals surface area contributed by atoms with Gasteiger partial charge in [0.25, 0.3) is 5.91 Å². The molecular weight excluding hydrogens is 479 g/mol. The van der Waals surface area contributed by atoms with Crippen LogP contribution in [-0.4, -0.2) is 51.9 Å². The van der Waals surface area contributed by atoms with Crippen LogP contribution in [0.15, 0.2) is 67.1 Å². The molecule has 0 unspecified atom stereocenters. The van der Waals surface area contributed by atoms with Gasteiger partial charge in [-0.1, -0.05) is 23.7 Å². The molecule has 4 aromatic rings. The lowest BCUT2D eigenvalue weighted by atomic mass is 10.1. The van der Waals surface area contributed by atoms with Crippen LogP contribution < -0.4 is 10.2 Å². The van der Waals surface area contributed by atoms with Gasteiger partial charge in [0.1, 0.15) is 11.5 Å². The van der Waals surface area contributed by atoms with E-state index < -0.39 is 0 Å². The van der Waals surface area contributed by atoms with E-state index in [0.717, 1.165) is 60.1 Å². The molecule has 1 amide bonds. The summed E-state index contributed by atoms with van der Waals surface area (Å²) >= 11 is 6.11. The number of hydrogen-bond acceptors (Lipinski definition) is 5. The molecule has 0 atom stereocenters. The summed E-state index contributed by atoms with van der Waals surface area (Å²) in [7, 11) is 0. The first-order chi connectivity index (χ1) is 17.5. The van der Waals surface area contributed by atoms with Crippen molar-refractivity contribution in [1.82, 2.24) is 19.9 Å². The second kappa shape index (κ2) is 10.5. The Bertz CT molecular complexity index is 1330. The van der Waals surface area contributed by atoms with Crippen LogP contribution >= 0.6 is 11.6 Å². The van der Waals surface area contributed by atoms with Crippen molar-refractivity contribution >= 4 is 28.9 Å². The average molecular weight is 505 g/mol. The van der Waals surface area contributed by atoms with E-state index in [1.807, 2.05) is 43.3 Å². The maximum atomic E-state index is 13.3. The largest absolute Gasteiger partial charge is 0.369 e. The van der Waals surface area contributed by atoms with Gasteiger partial charge < -0.3 is 15.2 Å². The molecule has 36 heavy (non-hydrogen) atoms. The van der Waals surface area contributed by atoms with Crippen molar-refractivity contribution in [2.24, 2.45) is 0 Å². The molecule has 184 valence electrons. The quantitative estimate of drug-likeness (QED) is 0.380. The third kappa shape index (κ3) is 5.24. The highest BCUT2D eigenvalue weighted by atomic mass is 35.5. The number of piperazine rings is 1. The molecule has 9 heteroatoms. The van der Waals surface area contributed by atoms with E-state index in [1.165, 1.54) is 30.7 Å². The van der Waals surface area contributed by atoms with Gasteiger partial charge in [-0.2, -0.15) is 0 Å². The smallest absolute Gasteiger partial charge is 0.275 e. The van der Waals surface area contributed by atoms with Crippen LogP contribution in [0, 0.1) is 12.7 Å². The number of halogens is 2. The standard InChI is InChI=1S/C27H26ClFN6O/c1-18-23(17-34-12-14-35(15-13-34)22-8-6-21(29)7-9-22)26(33-27(36)24-16-30-10-11-31-24)25(32-18)19-2-4-20(28)5-3-19/h2-11,16,32H,12-15,17H2,1H3,(H,33,36). The molecule has 2 aromatic carbocycles. The predicted octanol–water partition coefficient (Wildman–Crippen LogP) is 5.15. The number of aromatic amines is 1. The summed E-state index contributed by atoms with van der Waals surface area (Å²) in [5.41, 5.74) is 5.74. The Balaban J connectivity index is 1.39. The number of aromatic nitrogens is 3. The SMILES string of the molecule is Cc1[nH]c(-c2ccc(Cl)cc2)c(NC(=O)c2cnccn2)c1CN1CCN(c2ccc(F)cc2)CC1. The molecule has 2 aromatic heterocycles. The zero-order valence-electron chi connectivity index (χ0n) is 19.8. The third-order valence-electron chi connectivity index (χ3n) is 6.43. The van der Waals surface area contributed by atoms with Crippen molar-refractivity contribution in [2.45, 2.75) is 13.5 Å². The normalized spacial score (nSPS) is 14.1. The van der Waals surface area contributed by atoms with Gasteiger partial charge in [-0.3, -0.25) is 14.7 Å². The van der Waals surface area contributed by atoms with E-state index in [0.29, 0.717) is 11.6 Å². The van der Waals surface area contributed by atoms with Gasteiger partial charge >= 0.3 is 0 Å². The molecule has 7 nitrogen and oxygen atoms in total. The topological polar surface area (TPSA) is 77.1 Å². The van der Waals surface area contributed by atoms with E-state index in [4.69, 9.17) is 11.6 Å². The Labute approximate surface area is 213 Å². The first-order valence-electron chi connectivity index (χ1n) is 11.8. The van der Waals surface area contributed by atoms with Crippen LogP contribution in [0.4, 0.5) is 15.8 Å². The van der Waals surface area contributed by atoms with Crippen molar-refractivity contribution in [2.75, 3.05) is 36.4 Å². The molecule has 1 saturated heterocycles. The molecule has 1 aliphatic heterocycles. The minimum absolute atomic E-state index is 0.229. The first-order valence-corrected chi connectivity index (χ1v) is 12.1. The van der Waals surface area contributed by atoms with Gasteiger partial charge in [0.05, 0.1) is 17.6 Å². The Morgan fingerprint density at radius 1 is 1.06 bits per heavy atom. The number of nitrogens with zero attached hydrogens (tertiary/aromatic N) is 4. The summed E-state index contributed by atoms with van der Waals surface area (Å²) in [5, 5.41) is 3.73. The number of hydrogen-bond donors (Lipinski definition) is 2. The van der Waals surface area contributed by atoms with E-state index in [9.17, 15) is 9.18 Å². The molecule has 0 radical (unpaired) electrons. The van der Waals surface area contributed by atoms with Crippen LogP contribution in [0.3, 0.4) is 0 Å². The summed E-state index contributed by atoms with van der Waals surface area (Å²) in [6.07, 6.45) is 4.48. The van der Waals surface area contributed by atoms with Gasteiger partial charge in [-0.25, -0.2) is 9.37 Å². The van der Waals surface area contributed by atoms with Gasteiger partial charge in [0.15, 0.2) is 0 Å². The molecule has 3 heterocycles. The maximum absolute atomic E-state index is 13.3. The highest BCUT2D eigenvalue weighted by molar-refractivity contribution is 6.30. The lowest BCUT2D eigenvalue weighted by Crippen LogP contribution is -2.46. The van der Waals surface area contributed by atoms with Crippen molar-refractivity contribution in [1.29, 1.82) is 0 Å². The van der Waals surface area contributed by atoms with Crippen molar-refractivity contribution in [3.8, 4) is 11.3 Å². The van der Waals surface area contributed by atoms with Gasteiger partial charge in [-0.05, 0) is 43.3 Å². The fourth-order valence-corrected chi connectivity index (χ4v) is 4.59. The second-order valence-electron chi connectivity index (χ2n) is 8.77. The molecule has 0 bridgehead atoms. The van der Waals surface area contributed by atoms with E-state index >= 15 is 0 Å². The Morgan fingerprint density at radius 3 is 2.44 bits per heavy atom. The molecule has 2 N–H and O–H groups in total. The van der Waals surface area contributed by atoms with E-state index in [2.05, 4.69) is 30.1 Å². The zero-order chi connectivity index (χ0) is 25.1. The van der Waals surface area contributed by atoms with Gasteiger partial charge in [-0.15, -0.1) is 0 Å². The number of H-pyrrole nitrogens is 1. The van der Waals surface area contributed by atoms with Gasteiger partial charge in [0, 0.05) is 72.6 Å². The molecule has 0 aliphatic carbocycles. The summed E-state index contributed by atoms with van der Waals surface area (Å²) < 4.78 is 13.3. The summed E-state index contributed by atoms with van der Waals surface area (Å²) in [4.78, 5) is 29.3. The van der Waals surface area contributed by atoms with Crippen LogP contribution in [0.2, 0.25) is 5.02 Å². The van der Waals surface area contributed by atoms with Gasteiger partial charge in [0.2, 0.25) is 0 Å². The molecule has 5 rings (SSSR count). The third-order valence-corrected chi connectivity index (χ3v) is 6.68. The first kappa shape index (κ1) is 24.0. The second-order valence-corrected chi connectivity index (χ2v) is 9.21. The molecular formula is C27H26ClFN6O. The van der Waals surface area contributed by atoms with Crippen molar-refractivity contribution in [3.05, 3.63) is 94.9 Å². The minimum atomic E-state index is -0.320. The lowest BCUT2D eigenvalue weighted by molar-refractivity contribution is 0.102. The number of anilines is 2. The molecule has 0 saturated carbocycles. The Morgan fingerprint density at radius 2 is 1.78 bits per heavy atom. The highest BCUT2D eigenvalue weighted by Gasteiger charge is 2.24. The lowest BCUT2D eigenvalue weighted by Gasteiger charge is -2.36. The summed E-state index contributed by atoms with van der Waals surface area (Å²) in [6, 6.07) is 14.1. The van der Waals surface area contributed by atoms with Crippen molar-refractivity contribution < 1.29 is 9.18 Å². The van der Waals surface area contributed by atoms with Crippen molar-refractivity contribution in [3.63, 3.8) is 0 Å². The molecule has 0 spiro atoms. The fourth-order valence-electron chi connectivity index (χ4n) is 4.47. The fraction of sp³-hybridized carbons (Fsp3) is 0.222. The molecule has 1 fully saturated rings. The molecule has 1 aliphatic rings. The van der Waals surface area contributed by atoms with Crippen LogP contribution in [-0.2, 0) is 6.54 Å².